The predicted octanol–water partition coefficient (Wildman–Crippen LogP) is 3.94. The number of likely N-dealkylation sites (tertiary alicyclic amines) is 1. The maximum Gasteiger partial charge on any atom is 0.177 e. The molecule has 2 heterocycles. The van der Waals surface area contributed by atoms with Gasteiger partial charge in [0.05, 0.1) is 5.69 Å². The minimum absolute atomic E-state index is 0.330. The maximum absolute atomic E-state index is 5.51. The molecule has 1 saturated heterocycles. The normalized spacial score (nSPS) is 18.8. The van der Waals surface area contributed by atoms with Gasteiger partial charge in [-0.25, -0.2) is 0 Å². The Morgan fingerprint density at radius 1 is 1.19 bits per heavy atom. The first kappa shape index (κ1) is 14.5. The number of aromatic amines is 1. The van der Waals surface area contributed by atoms with E-state index in [1.54, 1.807) is 0 Å². The summed E-state index contributed by atoms with van der Waals surface area (Å²) in [6.07, 6.45) is 4.49. The molecule has 1 aliphatic heterocycles. The van der Waals surface area contributed by atoms with Crippen LogP contribution < -0.4 is 0 Å². The Balaban J connectivity index is 1.89. The third kappa shape index (κ3) is 3.11. The van der Waals surface area contributed by atoms with E-state index < -0.39 is 0 Å². The van der Waals surface area contributed by atoms with Crippen LogP contribution in [0.15, 0.2) is 36.5 Å². The van der Waals surface area contributed by atoms with Crippen molar-refractivity contribution in [2.75, 3.05) is 20.1 Å². The van der Waals surface area contributed by atoms with Crippen molar-refractivity contribution in [1.29, 1.82) is 0 Å². The van der Waals surface area contributed by atoms with Gasteiger partial charge in [0.2, 0.25) is 0 Å². The molecule has 1 aliphatic rings. The van der Waals surface area contributed by atoms with Gasteiger partial charge in [0.15, 0.2) is 4.77 Å². The van der Waals surface area contributed by atoms with Crippen molar-refractivity contribution in [2.45, 2.75) is 26.3 Å². The molecule has 112 valence electrons. The molecule has 0 unspecified atom stereocenters. The Morgan fingerprint density at radius 2 is 1.86 bits per heavy atom. The Bertz CT molecular complexity index is 648. The highest BCUT2D eigenvalue weighted by molar-refractivity contribution is 7.71. The van der Waals surface area contributed by atoms with Crippen LogP contribution in [0, 0.1) is 10.2 Å². The number of nitrogens with one attached hydrogen (secondary N) is 1. The third-order valence-electron chi connectivity index (χ3n) is 4.67. The van der Waals surface area contributed by atoms with Crippen LogP contribution >= 0.6 is 12.2 Å². The highest BCUT2D eigenvalue weighted by Gasteiger charge is 2.30. The smallest absolute Gasteiger partial charge is 0.177 e. The molecule has 1 N–H and O–H groups in total. The van der Waals surface area contributed by atoms with Crippen LogP contribution in [0.3, 0.4) is 0 Å². The molecular formula is C17H23N3S. The molecule has 0 aliphatic carbocycles. The molecule has 4 heteroatoms. The van der Waals surface area contributed by atoms with E-state index in [0.717, 1.165) is 11.3 Å². The third-order valence-corrected chi connectivity index (χ3v) is 5.01. The van der Waals surface area contributed by atoms with E-state index in [-0.39, 0.29) is 0 Å². The van der Waals surface area contributed by atoms with E-state index in [2.05, 4.69) is 52.7 Å². The van der Waals surface area contributed by atoms with Gasteiger partial charge >= 0.3 is 0 Å². The Morgan fingerprint density at radius 3 is 2.52 bits per heavy atom. The fourth-order valence-electron chi connectivity index (χ4n) is 3.10. The molecular weight excluding hydrogens is 278 g/mol. The summed E-state index contributed by atoms with van der Waals surface area (Å²) in [4.78, 5) is 5.63. The van der Waals surface area contributed by atoms with Crippen LogP contribution in [0.2, 0.25) is 0 Å². The van der Waals surface area contributed by atoms with E-state index in [0.29, 0.717) is 5.41 Å². The lowest BCUT2D eigenvalue weighted by molar-refractivity contribution is 0.120. The molecule has 0 spiro atoms. The number of H-pyrrole nitrogens is 1. The molecule has 3 nitrogen and oxygen atoms in total. The summed E-state index contributed by atoms with van der Waals surface area (Å²) >= 11 is 5.51. The first-order valence-electron chi connectivity index (χ1n) is 7.60. The molecule has 0 saturated carbocycles. The number of rotatable bonds is 3. The zero-order chi connectivity index (χ0) is 14.9. The molecule has 2 aromatic rings. The van der Waals surface area contributed by atoms with Gasteiger partial charge in [-0.1, -0.05) is 37.3 Å². The van der Waals surface area contributed by atoms with Crippen molar-refractivity contribution in [2.24, 2.45) is 5.41 Å². The number of hydrogen-bond acceptors (Lipinski definition) is 2. The number of benzene rings is 1. The Kier molecular flexibility index (Phi) is 4.00. The summed E-state index contributed by atoms with van der Waals surface area (Å²) in [6, 6.07) is 10.5. The van der Waals surface area contributed by atoms with E-state index in [4.69, 9.17) is 12.2 Å². The van der Waals surface area contributed by atoms with E-state index in [1.165, 1.54) is 37.2 Å². The minimum atomic E-state index is 0.330. The molecule has 1 aromatic carbocycles. The predicted molar refractivity (Wildman–Crippen MR) is 89.9 cm³/mol. The second-order valence-electron chi connectivity index (χ2n) is 6.55. The maximum atomic E-state index is 5.51. The second kappa shape index (κ2) is 5.78. The van der Waals surface area contributed by atoms with Gasteiger partial charge in [-0.3, -0.25) is 0 Å². The van der Waals surface area contributed by atoms with Crippen LogP contribution in [-0.2, 0) is 6.54 Å². The van der Waals surface area contributed by atoms with E-state index in [1.807, 2.05) is 12.3 Å². The molecule has 0 bridgehead atoms. The summed E-state index contributed by atoms with van der Waals surface area (Å²) < 4.78 is 3.10. The zero-order valence-corrected chi connectivity index (χ0v) is 13.6. The average Bonchev–Trinajstić information content (AvgIpc) is 2.85. The van der Waals surface area contributed by atoms with Crippen LogP contribution in [0.4, 0.5) is 0 Å². The lowest BCUT2D eigenvalue weighted by atomic mass is 9.80. The molecule has 21 heavy (non-hydrogen) atoms. The molecule has 0 atom stereocenters. The Hall–Kier alpha value is -1.39. The van der Waals surface area contributed by atoms with Crippen LogP contribution in [0.5, 0.6) is 0 Å². The summed E-state index contributed by atoms with van der Waals surface area (Å²) in [5, 5.41) is 0. The lowest BCUT2D eigenvalue weighted by Crippen LogP contribution is -2.38. The minimum Gasteiger partial charge on any atom is -0.337 e. The van der Waals surface area contributed by atoms with Crippen LogP contribution in [-0.4, -0.2) is 34.6 Å². The van der Waals surface area contributed by atoms with Crippen LogP contribution in [0.1, 0.15) is 19.8 Å². The monoisotopic (exact) mass is 301 g/mol. The number of nitrogens with zero attached hydrogens (tertiary/aromatic N) is 2. The standard InChI is InChI=1S/C17H23N3S/c1-17(8-10-19(2)11-9-17)13-20-15(12-18-16(20)21)14-6-4-3-5-7-14/h3-7,12H,8-11,13H2,1-2H3,(H,18,21). The highest BCUT2D eigenvalue weighted by atomic mass is 32.1. The summed E-state index contributed by atoms with van der Waals surface area (Å²) in [5.41, 5.74) is 2.75. The molecule has 1 aromatic heterocycles. The summed E-state index contributed by atoms with van der Waals surface area (Å²) in [5.74, 6) is 0. The van der Waals surface area contributed by atoms with E-state index in [9.17, 15) is 0 Å². The first-order chi connectivity index (χ1) is 10.1. The zero-order valence-electron chi connectivity index (χ0n) is 12.8. The van der Waals surface area contributed by atoms with Crippen molar-refractivity contribution in [3.63, 3.8) is 0 Å². The summed E-state index contributed by atoms with van der Waals surface area (Å²) in [6.45, 7) is 5.74. The molecule has 1 fully saturated rings. The van der Waals surface area contributed by atoms with Gasteiger partial charge < -0.3 is 14.5 Å². The van der Waals surface area contributed by atoms with E-state index >= 15 is 0 Å². The van der Waals surface area contributed by atoms with Crippen molar-refractivity contribution < 1.29 is 0 Å². The SMILES string of the molecule is CN1CCC(C)(Cn2c(-c3ccccc3)c[nH]c2=S)CC1. The van der Waals surface area contributed by atoms with Gasteiger partial charge in [0.1, 0.15) is 0 Å². The van der Waals surface area contributed by atoms with Crippen molar-refractivity contribution in [1.82, 2.24) is 14.5 Å². The number of hydrogen-bond donors (Lipinski definition) is 1. The Labute approximate surface area is 131 Å². The largest absolute Gasteiger partial charge is 0.337 e. The van der Waals surface area contributed by atoms with Crippen LogP contribution in [0.25, 0.3) is 11.3 Å². The number of aromatic nitrogens is 2. The molecule has 0 amide bonds. The van der Waals surface area contributed by atoms with Gasteiger partial charge in [0, 0.05) is 12.7 Å². The average molecular weight is 301 g/mol. The van der Waals surface area contributed by atoms with Gasteiger partial charge in [-0.05, 0) is 56.2 Å². The second-order valence-corrected chi connectivity index (χ2v) is 6.93. The number of piperidine rings is 1. The van der Waals surface area contributed by atoms with Crippen molar-refractivity contribution in [3.8, 4) is 11.3 Å². The quantitative estimate of drug-likeness (QED) is 0.868. The fraction of sp³-hybridized carbons (Fsp3) is 0.471. The number of imidazole rings is 1. The van der Waals surface area contributed by atoms with Crippen molar-refractivity contribution >= 4 is 12.2 Å². The van der Waals surface area contributed by atoms with Gasteiger partial charge in [-0.15, -0.1) is 0 Å². The lowest BCUT2D eigenvalue weighted by Gasteiger charge is -2.38. The summed E-state index contributed by atoms with van der Waals surface area (Å²) in [7, 11) is 2.21. The van der Waals surface area contributed by atoms with Gasteiger partial charge in [0.25, 0.3) is 0 Å². The first-order valence-corrected chi connectivity index (χ1v) is 8.00. The van der Waals surface area contributed by atoms with Gasteiger partial charge in [-0.2, -0.15) is 0 Å². The highest BCUT2D eigenvalue weighted by Crippen LogP contribution is 2.34. The fourth-order valence-corrected chi connectivity index (χ4v) is 3.32. The van der Waals surface area contributed by atoms with Crippen molar-refractivity contribution in [3.05, 3.63) is 41.3 Å². The molecule has 3 rings (SSSR count). The molecule has 0 radical (unpaired) electrons. The topological polar surface area (TPSA) is 24.0 Å².